The Bertz CT molecular complexity index is 521. The molecule has 0 aromatic carbocycles. The lowest BCUT2D eigenvalue weighted by Gasteiger charge is -2.33. The van der Waals surface area contributed by atoms with Crippen LogP contribution in [0.25, 0.3) is 0 Å². The Morgan fingerprint density at radius 2 is 2.17 bits per heavy atom. The number of likely N-dealkylation sites (tertiary alicyclic amines) is 1. The summed E-state index contributed by atoms with van der Waals surface area (Å²) in [5.74, 6) is 2.31. The number of amides is 1. The van der Waals surface area contributed by atoms with E-state index < -0.39 is 0 Å². The molecule has 1 atom stereocenters. The lowest BCUT2D eigenvalue weighted by atomic mass is 9.84. The van der Waals surface area contributed by atoms with Gasteiger partial charge in [-0.25, -0.2) is 4.98 Å². The first-order chi connectivity index (χ1) is 11.1. The molecule has 1 aliphatic carbocycles. The van der Waals surface area contributed by atoms with E-state index in [2.05, 4.69) is 39.8 Å². The predicted molar refractivity (Wildman–Crippen MR) is 91.0 cm³/mol. The van der Waals surface area contributed by atoms with Crippen LogP contribution in [0.1, 0.15) is 57.8 Å². The molecule has 0 spiro atoms. The molecule has 1 saturated heterocycles. The summed E-state index contributed by atoms with van der Waals surface area (Å²) in [7, 11) is 0. The van der Waals surface area contributed by atoms with E-state index >= 15 is 0 Å². The summed E-state index contributed by atoms with van der Waals surface area (Å²) in [5.41, 5.74) is 0. The van der Waals surface area contributed by atoms with Crippen LogP contribution in [0.4, 0.5) is 0 Å². The maximum atomic E-state index is 12.0. The van der Waals surface area contributed by atoms with Gasteiger partial charge < -0.3 is 9.88 Å². The number of hydrogen-bond acceptors (Lipinski definition) is 3. The average Bonchev–Trinajstić information content (AvgIpc) is 2.92. The van der Waals surface area contributed by atoms with Gasteiger partial charge >= 0.3 is 0 Å². The van der Waals surface area contributed by atoms with Crippen LogP contribution in [0.5, 0.6) is 0 Å². The van der Waals surface area contributed by atoms with Crippen molar-refractivity contribution in [3.63, 3.8) is 0 Å². The maximum Gasteiger partial charge on any atom is 0.223 e. The zero-order chi connectivity index (χ0) is 16.2. The molecular weight excluding hydrogens is 288 g/mol. The van der Waals surface area contributed by atoms with Crippen molar-refractivity contribution in [2.24, 2.45) is 11.8 Å². The van der Waals surface area contributed by atoms with E-state index in [0.29, 0.717) is 17.9 Å². The van der Waals surface area contributed by atoms with Gasteiger partial charge in [-0.05, 0) is 52.0 Å². The Kier molecular flexibility index (Phi) is 5.36. The van der Waals surface area contributed by atoms with Crippen molar-refractivity contribution in [1.82, 2.24) is 19.8 Å². The van der Waals surface area contributed by atoms with Crippen molar-refractivity contribution in [2.45, 2.75) is 58.5 Å². The second-order valence-corrected chi connectivity index (χ2v) is 7.46. The lowest BCUT2D eigenvalue weighted by Crippen LogP contribution is -2.43. The number of hydrogen-bond donors (Lipinski definition) is 1. The number of piperidine rings is 1. The number of nitrogens with one attached hydrogen (secondary N) is 1. The molecule has 128 valence electrons. The summed E-state index contributed by atoms with van der Waals surface area (Å²) in [5, 5.41) is 3.18. The molecule has 5 heteroatoms. The molecule has 2 aliphatic rings. The van der Waals surface area contributed by atoms with E-state index in [9.17, 15) is 4.79 Å². The van der Waals surface area contributed by atoms with E-state index in [-0.39, 0.29) is 5.91 Å². The molecule has 1 saturated carbocycles. The van der Waals surface area contributed by atoms with Crippen LogP contribution in [0, 0.1) is 11.8 Å². The third kappa shape index (κ3) is 4.14. The Hall–Kier alpha value is -1.36. The van der Waals surface area contributed by atoms with Crippen molar-refractivity contribution >= 4 is 5.91 Å². The number of carbonyl (C=O) groups is 1. The van der Waals surface area contributed by atoms with Crippen molar-refractivity contribution in [3.8, 4) is 0 Å². The zero-order valence-electron chi connectivity index (χ0n) is 14.5. The predicted octanol–water partition coefficient (Wildman–Crippen LogP) is 2.59. The molecule has 3 rings (SSSR count). The molecule has 0 unspecified atom stereocenters. The first kappa shape index (κ1) is 16.5. The largest absolute Gasteiger partial charge is 0.356 e. The van der Waals surface area contributed by atoms with E-state index in [0.717, 1.165) is 44.8 Å². The van der Waals surface area contributed by atoms with Crippen LogP contribution in [0.3, 0.4) is 0 Å². The Morgan fingerprint density at radius 1 is 1.35 bits per heavy atom. The molecule has 23 heavy (non-hydrogen) atoms. The topological polar surface area (TPSA) is 50.2 Å². The number of nitrogens with zero attached hydrogens (tertiary/aromatic N) is 3. The first-order valence-electron chi connectivity index (χ1n) is 9.15. The fourth-order valence-electron chi connectivity index (χ4n) is 3.66. The normalized spacial score (nSPS) is 23.0. The van der Waals surface area contributed by atoms with Gasteiger partial charge in [0.05, 0.1) is 6.54 Å². The van der Waals surface area contributed by atoms with Gasteiger partial charge in [0, 0.05) is 37.4 Å². The molecule has 1 amide bonds. The molecule has 2 heterocycles. The number of carbonyl (C=O) groups excluding carboxylic acids is 1. The fourth-order valence-corrected chi connectivity index (χ4v) is 3.66. The smallest absolute Gasteiger partial charge is 0.223 e. The van der Waals surface area contributed by atoms with Crippen LogP contribution >= 0.6 is 0 Å². The van der Waals surface area contributed by atoms with Crippen LogP contribution in [-0.2, 0) is 11.3 Å². The quantitative estimate of drug-likeness (QED) is 0.877. The molecule has 1 aliphatic heterocycles. The third-order valence-corrected chi connectivity index (χ3v) is 5.31. The van der Waals surface area contributed by atoms with E-state index in [1.807, 2.05) is 6.20 Å². The standard InChI is InChI=1S/C18H30N4O/c1-14(2)22-10-8-19-17(22)13-21-9-4-5-15(12-21)11-20-18(23)16-6-3-7-16/h8,10,14-16H,3-7,9,11-13H2,1-2H3,(H,20,23)/t15-/m0/s1. The van der Waals surface area contributed by atoms with Crippen molar-refractivity contribution < 1.29 is 4.79 Å². The molecule has 1 aromatic heterocycles. The Morgan fingerprint density at radius 3 is 2.87 bits per heavy atom. The van der Waals surface area contributed by atoms with Crippen LogP contribution < -0.4 is 5.32 Å². The summed E-state index contributed by atoms with van der Waals surface area (Å²) in [6, 6.07) is 0.454. The molecule has 1 N–H and O–H groups in total. The third-order valence-electron chi connectivity index (χ3n) is 5.31. The minimum atomic E-state index is 0.281. The molecule has 0 radical (unpaired) electrons. The minimum Gasteiger partial charge on any atom is -0.356 e. The Labute approximate surface area is 139 Å². The number of aromatic nitrogens is 2. The molecule has 1 aromatic rings. The zero-order valence-corrected chi connectivity index (χ0v) is 14.5. The van der Waals surface area contributed by atoms with Gasteiger partial charge in [-0.2, -0.15) is 0 Å². The minimum absolute atomic E-state index is 0.281. The Balaban J connectivity index is 1.47. The highest BCUT2D eigenvalue weighted by molar-refractivity contribution is 5.79. The van der Waals surface area contributed by atoms with E-state index in [1.54, 1.807) is 0 Å². The van der Waals surface area contributed by atoms with Gasteiger partial charge in [0.1, 0.15) is 5.82 Å². The van der Waals surface area contributed by atoms with E-state index in [4.69, 9.17) is 0 Å². The second kappa shape index (κ2) is 7.47. The van der Waals surface area contributed by atoms with Gasteiger partial charge in [-0.3, -0.25) is 9.69 Å². The average molecular weight is 318 g/mol. The molecule has 0 bridgehead atoms. The molecule has 2 fully saturated rings. The highest BCUT2D eigenvalue weighted by atomic mass is 16.1. The fraction of sp³-hybridized carbons (Fsp3) is 0.778. The van der Waals surface area contributed by atoms with Gasteiger partial charge in [-0.1, -0.05) is 6.42 Å². The maximum absolute atomic E-state index is 12.0. The number of imidazole rings is 1. The summed E-state index contributed by atoms with van der Waals surface area (Å²) in [6.45, 7) is 8.34. The summed E-state index contributed by atoms with van der Waals surface area (Å²) in [6.07, 6.45) is 9.79. The van der Waals surface area contributed by atoms with Crippen molar-refractivity contribution in [2.75, 3.05) is 19.6 Å². The van der Waals surface area contributed by atoms with Crippen molar-refractivity contribution in [3.05, 3.63) is 18.2 Å². The molecule has 5 nitrogen and oxygen atoms in total. The van der Waals surface area contributed by atoms with Crippen LogP contribution in [0.2, 0.25) is 0 Å². The highest BCUT2D eigenvalue weighted by Crippen LogP contribution is 2.26. The first-order valence-corrected chi connectivity index (χ1v) is 9.15. The lowest BCUT2D eigenvalue weighted by molar-refractivity contribution is -0.127. The summed E-state index contributed by atoms with van der Waals surface area (Å²) in [4.78, 5) is 19.0. The van der Waals surface area contributed by atoms with Crippen LogP contribution in [0.15, 0.2) is 12.4 Å². The van der Waals surface area contributed by atoms with Gasteiger partial charge in [0.15, 0.2) is 0 Å². The highest BCUT2D eigenvalue weighted by Gasteiger charge is 2.27. The van der Waals surface area contributed by atoms with E-state index in [1.165, 1.54) is 19.3 Å². The summed E-state index contributed by atoms with van der Waals surface area (Å²) >= 11 is 0. The van der Waals surface area contributed by atoms with Crippen molar-refractivity contribution in [1.29, 1.82) is 0 Å². The number of rotatable bonds is 6. The second-order valence-electron chi connectivity index (χ2n) is 7.46. The summed E-state index contributed by atoms with van der Waals surface area (Å²) < 4.78 is 2.25. The molecular formula is C18H30N4O. The van der Waals surface area contributed by atoms with Crippen LogP contribution in [-0.4, -0.2) is 40.0 Å². The van der Waals surface area contributed by atoms with Gasteiger partial charge in [0.2, 0.25) is 5.91 Å². The van der Waals surface area contributed by atoms with Gasteiger partial charge in [-0.15, -0.1) is 0 Å². The van der Waals surface area contributed by atoms with Gasteiger partial charge in [0.25, 0.3) is 0 Å². The SMILES string of the molecule is CC(C)n1ccnc1CN1CCC[C@@H](CNC(=O)C2CCC2)C1. The monoisotopic (exact) mass is 318 g/mol.